The molecular formula is C16H22N2O2. The molecule has 1 unspecified atom stereocenters. The van der Waals surface area contributed by atoms with Crippen LogP contribution < -0.4 is 5.73 Å². The van der Waals surface area contributed by atoms with Crippen LogP contribution in [-0.4, -0.2) is 35.7 Å². The minimum absolute atomic E-state index is 0.0688. The summed E-state index contributed by atoms with van der Waals surface area (Å²) in [4.78, 5) is 25.9. The molecule has 0 saturated carbocycles. The molecule has 1 heterocycles. The number of carbonyl (C=O) groups is 2. The maximum Gasteiger partial charge on any atom is 0.234 e. The van der Waals surface area contributed by atoms with Gasteiger partial charge in [-0.05, 0) is 44.9 Å². The molecule has 1 saturated heterocycles. The molecule has 1 fully saturated rings. The monoisotopic (exact) mass is 274 g/mol. The first-order valence-electron chi connectivity index (χ1n) is 7.13. The Kier molecular flexibility index (Phi) is 4.55. The number of aryl methyl sites for hydroxylation is 2. The zero-order valence-corrected chi connectivity index (χ0v) is 12.2. The van der Waals surface area contributed by atoms with E-state index < -0.39 is 0 Å². The summed E-state index contributed by atoms with van der Waals surface area (Å²) in [6.45, 7) is 4.96. The van der Waals surface area contributed by atoms with Crippen molar-refractivity contribution in [1.82, 2.24) is 4.90 Å². The van der Waals surface area contributed by atoms with Gasteiger partial charge in [-0.15, -0.1) is 0 Å². The lowest BCUT2D eigenvalue weighted by molar-refractivity contribution is -0.124. The van der Waals surface area contributed by atoms with E-state index in [-0.39, 0.29) is 24.3 Å². The Labute approximate surface area is 119 Å². The van der Waals surface area contributed by atoms with Crippen molar-refractivity contribution in [2.24, 2.45) is 5.73 Å². The average Bonchev–Trinajstić information content (AvgIpc) is 2.41. The molecule has 4 nitrogen and oxygen atoms in total. The fraction of sp³-hybridized carbons (Fsp3) is 0.500. The number of primary amides is 1. The van der Waals surface area contributed by atoms with Crippen molar-refractivity contribution < 1.29 is 9.59 Å². The summed E-state index contributed by atoms with van der Waals surface area (Å²) in [5.41, 5.74) is 8.24. The molecule has 4 heteroatoms. The quantitative estimate of drug-likeness (QED) is 0.852. The van der Waals surface area contributed by atoms with Crippen LogP contribution in [0, 0.1) is 13.8 Å². The summed E-state index contributed by atoms with van der Waals surface area (Å²) in [5, 5.41) is 0. The molecule has 0 spiro atoms. The first-order chi connectivity index (χ1) is 9.49. The molecule has 20 heavy (non-hydrogen) atoms. The second-order valence-corrected chi connectivity index (χ2v) is 5.63. The van der Waals surface area contributed by atoms with Gasteiger partial charge < -0.3 is 5.73 Å². The van der Waals surface area contributed by atoms with Crippen LogP contribution in [0.3, 0.4) is 0 Å². The van der Waals surface area contributed by atoms with Crippen molar-refractivity contribution in [3.8, 4) is 0 Å². The van der Waals surface area contributed by atoms with E-state index in [2.05, 4.69) is 0 Å². The Hall–Kier alpha value is -1.68. The van der Waals surface area contributed by atoms with Gasteiger partial charge in [0.15, 0.2) is 5.78 Å². The largest absolute Gasteiger partial charge is 0.368 e. The van der Waals surface area contributed by atoms with Gasteiger partial charge in [0.05, 0.1) is 12.6 Å². The molecule has 2 rings (SSSR count). The van der Waals surface area contributed by atoms with Gasteiger partial charge >= 0.3 is 0 Å². The first-order valence-corrected chi connectivity index (χ1v) is 7.13. The Balaban J connectivity index is 2.13. The third-order valence-corrected chi connectivity index (χ3v) is 3.98. The van der Waals surface area contributed by atoms with E-state index >= 15 is 0 Å². The summed E-state index contributed by atoms with van der Waals surface area (Å²) in [6, 6.07) is 5.59. The number of likely N-dealkylation sites (tertiary alicyclic amines) is 1. The number of benzene rings is 1. The number of carbonyl (C=O) groups excluding carboxylic acids is 2. The molecule has 0 aliphatic carbocycles. The molecule has 108 valence electrons. The number of rotatable bonds is 4. The predicted octanol–water partition coefficient (Wildman–Crippen LogP) is 1.83. The minimum Gasteiger partial charge on any atom is -0.368 e. The maximum atomic E-state index is 12.5. The second kappa shape index (κ2) is 6.18. The van der Waals surface area contributed by atoms with Crippen LogP contribution in [0.15, 0.2) is 18.2 Å². The highest BCUT2D eigenvalue weighted by Gasteiger charge is 2.28. The van der Waals surface area contributed by atoms with Crippen LogP contribution in [0.4, 0.5) is 0 Å². The van der Waals surface area contributed by atoms with E-state index in [1.807, 2.05) is 36.9 Å². The van der Waals surface area contributed by atoms with Crippen molar-refractivity contribution in [1.29, 1.82) is 0 Å². The van der Waals surface area contributed by atoms with Crippen molar-refractivity contribution in [3.63, 3.8) is 0 Å². The van der Waals surface area contributed by atoms with E-state index in [0.29, 0.717) is 0 Å². The van der Waals surface area contributed by atoms with Gasteiger partial charge in [0.2, 0.25) is 5.91 Å². The van der Waals surface area contributed by atoms with Gasteiger partial charge in [-0.25, -0.2) is 0 Å². The highest BCUT2D eigenvalue weighted by molar-refractivity contribution is 5.99. The summed E-state index contributed by atoms with van der Waals surface area (Å²) in [7, 11) is 0. The molecule has 1 atom stereocenters. The maximum absolute atomic E-state index is 12.5. The van der Waals surface area contributed by atoms with Crippen LogP contribution in [0.5, 0.6) is 0 Å². The molecule has 1 aliphatic heterocycles. The first kappa shape index (κ1) is 14.7. The number of hydrogen-bond acceptors (Lipinski definition) is 3. The summed E-state index contributed by atoms with van der Waals surface area (Å²) >= 11 is 0. The van der Waals surface area contributed by atoms with Crippen molar-refractivity contribution in [3.05, 3.63) is 34.9 Å². The molecule has 1 amide bonds. The third-order valence-electron chi connectivity index (χ3n) is 3.98. The van der Waals surface area contributed by atoms with E-state index in [1.54, 1.807) is 0 Å². The SMILES string of the molecule is Cc1ccc(C)c(C(=O)CN2CCCCC2C(N)=O)c1. The van der Waals surface area contributed by atoms with Crippen molar-refractivity contribution in [2.45, 2.75) is 39.2 Å². The van der Waals surface area contributed by atoms with Gasteiger partial charge in [0, 0.05) is 5.56 Å². The van der Waals surface area contributed by atoms with Crippen LogP contribution in [-0.2, 0) is 4.79 Å². The highest BCUT2D eigenvalue weighted by Crippen LogP contribution is 2.18. The Morgan fingerprint density at radius 2 is 2.05 bits per heavy atom. The van der Waals surface area contributed by atoms with Gasteiger partial charge in [-0.1, -0.05) is 24.1 Å². The summed E-state index contributed by atoms with van der Waals surface area (Å²) in [6.07, 6.45) is 2.78. The summed E-state index contributed by atoms with van der Waals surface area (Å²) < 4.78 is 0. The molecule has 0 radical (unpaired) electrons. The molecular weight excluding hydrogens is 252 g/mol. The summed E-state index contributed by atoms with van der Waals surface area (Å²) in [5.74, 6) is -0.252. The fourth-order valence-corrected chi connectivity index (χ4v) is 2.81. The van der Waals surface area contributed by atoms with E-state index in [0.717, 1.165) is 42.5 Å². The number of ketones is 1. The Morgan fingerprint density at radius 3 is 2.75 bits per heavy atom. The number of amides is 1. The number of nitrogens with two attached hydrogens (primary N) is 1. The topological polar surface area (TPSA) is 63.4 Å². The zero-order valence-electron chi connectivity index (χ0n) is 12.2. The lowest BCUT2D eigenvalue weighted by Crippen LogP contribution is -2.49. The average molecular weight is 274 g/mol. The van der Waals surface area contributed by atoms with Gasteiger partial charge in [-0.3, -0.25) is 14.5 Å². The molecule has 1 aliphatic rings. The zero-order chi connectivity index (χ0) is 14.7. The highest BCUT2D eigenvalue weighted by atomic mass is 16.1. The Bertz CT molecular complexity index is 525. The van der Waals surface area contributed by atoms with Crippen molar-refractivity contribution in [2.75, 3.05) is 13.1 Å². The van der Waals surface area contributed by atoms with E-state index in [4.69, 9.17) is 5.73 Å². The van der Waals surface area contributed by atoms with Crippen molar-refractivity contribution >= 4 is 11.7 Å². The van der Waals surface area contributed by atoms with E-state index in [9.17, 15) is 9.59 Å². The predicted molar refractivity (Wildman–Crippen MR) is 78.7 cm³/mol. The van der Waals surface area contributed by atoms with Gasteiger partial charge in [0.25, 0.3) is 0 Å². The van der Waals surface area contributed by atoms with Gasteiger partial charge in [0.1, 0.15) is 0 Å². The molecule has 1 aromatic carbocycles. The Morgan fingerprint density at radius 1 is 1.30 bits per heavy atom. The molecule has 0 aromatic heterocycles. The lowest BCUT2D eigenvalue weighted by atomic mass is 9.98. The van der Waals surface area contributed by atoms with Crippen LogP contribution in [0.25, 0.3) is 0 Å². The number of nitrogens with zero attached hydrogens (tertiary/aromatic N) is 1. The molecule has 0 bridgehead atoms. The van der Waals surface area contributed by atoms with Gasteiger partial charge in [-0.2, -0.15) is 0 Å². The molecule has 2 N–H and O–H groups in total. The lowest BCUT2D eigenvalue weighted by Gasteiger charge is -2.33. The van der Waals surface area contributed by atoms with E-state index in [1.165, 1.54) is 0 Å². The minimum atomic E-state index is -0.321. The third kappa shape index (κ3) is 3.25. The van der Waals surface area contributed by atoms with Crippen LogP contribution >= 0.6 is 0 Å². The normalized spacial score (nSPS) is 19.8. The standard InChI is InChI=1S/C16H22N2O2/c1-11-6-7-12(2)13(9-11)15(19)10-18-8-4-3-5-14(18)16(17)20/h6-7,9,14H,3-5,8,10H2,1-2H3,(H2,17,20). The van der Waals surface area contributed by atoms with Crippen LogP contribution in [0.1, 0.15) is 40.7 Å². The van der Waals surface area contributed by atoms with Crippen LogP contribution in [0.2, 0.25) is 0 Å². The second-order valence-electron chi connectivity index (χ2n) is 5.63. The fourth-order valence-electron chi connectivity index (χ4n) is 2.81. The smallest absolute Gasteiger partial charge is 0.234 e. The molecule has 1 aromatic rings. The number of Topliss-reactive ketones (excluding diaryl/α,β-unsaturated/α-hetero) is 1. The number of hydrogen-bond donors (Lipinski definition) is 1. The number of piperidine rings is 1.